The molecule has 7 nitrogen and oxygen atoms in total. The summed E-state index contributed by atoms with van der Waals surface area (Å²) >= 11 is 6.14. The van der Waals surface area contributed by atoms with Gasteiger partial charge < -0.3 is 19.5 Å². The molecule has 2 aromatic rings. The van der Waals surface area contributed by atoms with Crippen LogP contribution in [0.1, 0.15) is 6.42 Å². The van der Waals surface area contributed by atoms with Gasteiger partial charge in [-0.3, -0.25) is 4.79 Å². The van der Waals surface area contributed by atoms with E-state index in [1.807, 2.05) is 0 Å². The molecule has 1 saturated heterocycles. The smallest absolute Gasteiger partial charge is 0.323 e. The van der Waals surface area contributed by atoms with E-state index < -0.39 is 0 Å². The average Bonchev–Trinajstić information content (AvgIpc) is 3.03. The van der Waals surface area contributed by atoms with Crippen molar-refractivity contribution in [1.29, 1.82) is 0 Å². The van der Waals surface area contributed by atoms with Gasteiger partial charge in [0.25, 0.3) is 5.88 Å². The molecule has 1 fully saturated rings. The van der Waals surface area contributed by atoms with Gasteiger partial charge in [0.1, 0.15) is 17.9 Å². The molecule has 0 radical (unpaired) electrons. The number of esters is 1. The van der Waals surface area contributed by atoms with Gasteiger partial charge in [0.05, 0.1) is 25.3 Å². The van der Waals surface area contributed by atoms with E-state index >= 15 is 0 Å². The van der Waals surface area contributed by atoms with Gasteiger partial charge in [-0.25, -0.2) is 9.97 Å². The minimum Gasteiger partial charge on any atom is -0.497 e. The molecule has 1 aliphatic heterocycles. The molecule has 1 aromatic carbocycles. The predicted molar refractivity (Wildman–Crippen MR) is 91.2 cm³/mol. The third kappa shape index (κ3) is 3.80. The predicted octanol–water partition coefficient (Wildman–Crippen LogP) is 2.00. The fourth-order valence-corrected chi connectivity index (χ4v) is 2.65. The van der Waals surface area contributed by atoms with Crippen LogP contribution in [0.5, 0.6) is 11.6 Å². The Bertz CT molecular complexity index is 744. The van der Waals surface area contributed by atoms with E-state index in [0.29, 0.717) is 29.7 Å². The number of rotatable bonds is 4. The van der Waals surface area contributed by atoms with Gasteiger partial charge in [-0.1, -0.05) is 11.6 Å². The van der Waals surface area contributed by atoms with Crippen molar-refractivity contribution < 1.29 is 19.0 Å². The summed E-state index contributed by atoms with van der Waals surface area (Å²) in [4.78, 5) is 20.2. The van der Waals surface area contributed by atoms with Crippen LogP contribution in [0.2, 0.25) is 5.15 Å². The van der Waals surface area contributed by atoms with Crippen LogP contribution in [0.15, 0.2) is 18.2 Å². The van der Waals surface area contributed by atoms with Gasteiger partial charge in [0.15, 0.2) is 5.15 Å². The molecular weight excluding hydrogens is 357 g/mol. The number of nitrogens with zero attached hydrogens (tertiary/aromatic N) is 2. The number of benzene rings is 1. The second-order valence-corrected chi connectivity index (χ2v) is 5.49. The van der Waals surface area contributed by atoms with Crippen LogP contribution in [-0.4, -0.2) is 48.8 Å². The Balaban J connectivity index is 0.00000208. The Morgan fingerprint density at radius 3 is 2.79 bits per heavy atom. The monoisotopic (exact) mass is 373 g/mol. The fraction of sp³-hybridized carbons (Fsp3) is 0.400. The van der Waals surface area contributed by atoms with Crippen LogP contribution in [0.4, 0.5) is 0 Å². The van der Waals surface area contributed by atoms with Crippen molar-refractivity contribution in [1.82, 2.24) is 15.3 Å². The Morgan fingerprint density at radius 2 is 2.08 bits per heavy atom. The fourth-order valence-electron chi connectivity index (χ4n) is 2.47. The van der Waals surface area contributed by atoms with E-state index in [-0.39, 0.29) is 41.6 Å². The van der Waals surface area contributed by atoms with Crippen molar-refractivity contribution in [2.24, 2.45) is 0 Å². The molecule has 0 amide bonds. The third-order valence-electron chi connectivity index (χ3n) is 3.65. The maximum Gasteiger partial charge on any atom is 0.323 e. The normalized spacial score (nSPS) is 19.6. The van der Waals surface area contributed by atoms with Crippen molar-refractivity contribution in [3.05, 3.63) is 23.4 Å². The van der Waals surface area contributed by atoms with Crippen LogP contribution in [-0.2, 0) is 9.53 Å². The zero-order chi connectivity index (χ0) is 16.4. The lowest BCUT2D eigenvalue weighted by Gasteiger charge is -2.13. The summed E-state index contributed by atoms with van der Waals surface area (Å²) in [6.07, 6.45) is 0.259. The van der Waals surface area contributed by atoms with Crippen LogP contribution < -0.4 is 14.8 Å². The Morgan fingerprint density at radius 1 is 1.29 bits per heavy atom. The lowest BCUT2D eigenvalue weighted by Crippen LogP contribution is -2.31. The number of ether oxygens (including phenoxy) is 3. The molecule has 1 N–H and O–H groups in total. The quantitative estimate of drug-likeness (QED) is 0.820. The first-order valence-electron chi connectivity index (χ1n) is 7.10. The average molecular weight is 374 g/mol. The van der Waals surface area contributed by atoms with Crippen LogP contribution >= 0.6 is 24.0 Å². The number of halogens is 2. The maximum atomic E-state index is 11.5. The number of hydrogen-bond donors (Lipinski definition) is 1. The highest BCUT2D eigenvalue weighted by Gasteiger charge is 2.32. The Kier molecular flexibility index (Phi) is 6.04. The first-order chi connectivity index (χ1) is 11.1. The van der Waals surface area contributed by atoms with Gasteiger partial charge >= 0.3 is 5.97 Å². The molecule has 24 heavy (non-hydrogen) atoms. The van der Waals surface area contributed by atoms with Gasteiger partial charge in [-0.2, -0.15) is 0 Å². The Hall–Kier alpha value is -1.83. The zero-order valence-corrected chi connectivity index (χ0v) is 14.7. The molecule has 3 rings (SSSR count). The third-order valence-corrected chi connectivity index (χ3v) is 3.90. The summed E-state index contributed by atoms with van der Waals surface area (Å²) < 4.78 is 15.7. The number of aromatic nitrogens is 2. The number of fused-ring (bicyclic) bond motifs is 1. The standard InChI is InChI=1S/C15H16ClN3O4.ClH/c1-21-8-3-4-10-11(5-8)19-14(13(16)18-10)23-9-6-12(17-7-9)15(20)22-2;/h3-5,9,12,17H,6-7H2,1-2H3;1H. The van der Waals surface area contributed by atoms with Crippen molar-refractivity contribution >= 4 is 41.0 Å². The maximum absolute atomic E-state index is 11.5. The highest BCUT2D eigenvalue weighted by atomic mass is 35.5. The van der Waals surface area contributed by atoms with Gasteiger partial charge in [0, 0.05) is 19.0 Å². The minimum absolute atomic E-state index is 0. The van der Waals surface area contributed by atoms with E-state index in [9.17, 15) is 4.79 Å². The number of nitrogens with one attached hydrogen (secondary N) is 1. The highest BCUT2D eigenvalue weighted by Crippen LogP contribution is 2.27. The molecule has 0 spiro atoms. The summed E-state index contributed by atoms with van der Waals surface area (Å²) in [5, 5.41) is 3.23. The molecule has 0 aliphatic carbocycles. The summed E-state index contributed by atoms with van der Waals surface area (Å²) in [5.41, 5.74) is 1.28. The topological polar surface area (TPSA) is 82.6 Å². The van der Waals surface area contributed by atoms with E-state index in [4.69, 9.17) is 25.8 Å². The van der Waals surface area contributed by atoms with Gasteiger partial charge in [-0.15, -0.1) is 12.4 Å². The second-order valence-electron chi connectivity index (χ2n) is 5.13. The zero-order valence-electron chi connectivity index (χ0n) is 13.1. The first kappa shape index (κ1) is 18.5. The largest absolute Gasteiger partial charge is 0.497 e. The van der Waals surface area contributed by atoms with Crippen molar-refractivity contribution in [3.63, 3.8) is 0 Å². The minimum atomic E-state index is -0.378. The molecule has 130 valence electrons. The van der Waals surface area contributed by atoms with E-state index in [1.54, 1.807) is 25.3 Å². The molecular formula is C15H17Cl2N3O4. The van der Waals surface area contributed by atoms with Crippen LogP contribution in [0.25, 0.3) is 11.0 Å². The summed E-state index contributed by atoms with van der Waals surface area (Å²) in [7, 11) is 2.94. The second kappa shape index (κ2) is 7.83. The number of hydrogen-bond acceptors (Lipinski definition) is 7. The number of methoxy groups -OCH3 is 2. The lowest BCUT2D eigenvalue weighted by atomic mass is 10.2. The SMILES string of the molecule is COC(=O)C1CC(Oc2nc3cc(OC)ccc3nc2Cl)CN1.Cl. The molecule has 2 atom stereocenters. The van der Waals surface area contributed by atoms with Crippen molar-refractivity contribution in [2.45, 2.75) is 18.6 Å². The summed E-state index contributed by atoms with van der Waals surface area (Å²) in [5.74, 6) is 0.606. The van der Waals surface area contributed by atoms with Gasteiger partial charge in [0.2, 0.25) is 0 Å². The van der Waals surface area contributed by atoms with Crippen molar-refractivity contribution in [2.75, 3.05) is 20.8 Å². The highest BCUT2D eigenvalue weighted by molar-refractivity contribution is 6.31. The molecule has 9 heteroatoms. The van der Waals surface area contributed by atoms with E-state index in [0.717, 1.165) is 0 Å². The molecule has 2 heterocycles. The summed E-state index contributed by atoms with van der Waals surface area (Å²) in [6.45, 7) is 0.508. The van der Waals surface area contributed by atoms with E-state index in [1.165, 1.54) is 7.11 Å². The number of carbonyl (C=O) groups excluding carboxylic acids is 1. The van der Waals surface area contributed by atoms with Crippen LogP contribution in [0, 0.1) is 0 Å². The Labute approximate surface area is 150 Å². The number of carbonyl (C=O) groups is 1. The molecule has 1 aliphatic rings. The van der Waals surface area contributed by atoms with Gasteiger partial charge in [-0.05, 0) is 12.1 Å². The lowest BCUT2D eigenvalue weighted by molar-refractivity contribution is -0.142. The van der Waals surface area contributed by atoms with Crippen LogP contribution in [0.3, 0.4) is 0 Å². The molecule has 2 unspecified atom stereocenters. The van der Waals surface area contributed by atoms with Crippen molar-refractivity contribution in [3.8, 4) is 11.6 Å². The first-order valence-corrected chi connectivity index (χ1v) is 7.47. The van der Waals surface area contributed by atoms with E-state index in [2.05, 4.69) is 15.3 Å². The molecule has 0 bridgehead atoms. The molecule has 0 saturated carbocycles. The summed E-state index contributed by atoms with van der Waals surface area (Å²) in [6, 6.07) is 4.95. The molecule has 1 aromatic heterocycles.